The lowest BCUT2D eigenvalue weighted by Gasteiger charge is -2.49. The van der Waals surface area contributed by atoms with E-state index in [1.54, 1.807) is 0 Å². The maximum absolute atomic E-state index is 12.3. The summed E-state index contributed by atoms with van der Waals surface area (Å²) in [5, 5.41) is 4.22. The lowest BCUT2D eigenvalue weighted by atomic mass is 9.98. The number of H-pyrrole nitrogens is 1. The van der Waals surface area contributed by atoms with E-state index >= 15 is 0 Å². The summed E-state index contributed by atoms with van der Waals surface area (Å²) in [6.45, 7) is 5.79. The van der Waals surface area contributed by atoms with E-state index in [0.717, 1.165) is 24.3 Å². The highest BCUT2D eigenvalue weighted by atomic mass is 16.2. The van der Waals surface area contributed by atoms with Gasteiger partial charge in [0, 0.05) is 36.4 Å². The molecule has 0 radical (unpaired) electrons. The standard InChI is InChI=1S/C19H26N4O/c1-14-6-4-5-9-23(14)17-12-22(13-17)19(24)20-11-16-10-15-7-2-3-8-18(15)21-16/h2-3,7-8,10,14,17,21H,4-6,9,11-13H2,1H3,(H,20,24). The van der Waals surface area contributed by atoms with Crippen molar-refractivity contribution in [2.24, 2.45) is 0 Å². The number of para-hydroxylation sites is 1. The minimum Gasteiger partial charge on any atom is -0.357 e. The average molecular weight is 326 g/mol. The number of rotatable bonds is 3. The summed E-state index contributed by atoms with van der Waals surface area (Å²) in [6, 6.07) is 11.6. The van der Waals surface area contributed by atoms with Gasteiger partial charge in [0.1, 0.15) is 0 Å². The largest absolute Gasteiger partial charge is 0.357 e. The van der Waals surface area contributed by atoms with Gasteiger partial charge in [0.15, 0.2) is 0 Å². The van der Waals surface area contributed by atoms with Crippen LogP contribution < -0.4 is 5.32 Å². The highest BCUT2D eigenvalue weighted by Gasteiger charge is 2.37. The van der Waals surface area contributed by atoms with Gasteiger partial charge in [-0.05, 0) is 43.8 Å². The van der Waals surface area contributed by atoms with Crippen molar-refractivity contribution in [2.75, 3.05) is 19.6 Å². The Morgan fingerprint density at radius 3 is 2.92 bits per heavy atom. The summed E-state index contributed by atoms with van der Waals surface area (Å²) in [7, 11) is 0. The van der Waals surface area contributed by atoms with E-state index in [1.165, 1.54) is 31.2 Å². The fourth-order valence-corrected chi connectivity index (χ4v) is 4.01. The second-order valence-electron chi connectivity index (χ2n) is 7.18. The molecule has 4 rings (SSSR count). The number of piperidine rings is 1. The predicted molar refractivity (Wildman–Crippen MR) is 95.9 cm³/mol. The second kappa shape index (κ2) is 6.48. The molecule has 2 aliphatic rings. The Morgan fingerprint density at radius 1 is 1.29 bits per heavy atom. The number of fused-ring (bicyclic) bond motifs is 1. The number of likely N-dealkylation sites (tertiary alicyclic amines) is 2. The van der Waals surface area contributed by atoms with Gasteiger partial charge in [-0.2, -0.15) is 0 Å². The number of benzene rings is 1. The average Bonchev–Trinajstić information content (AvgIpc) is 2.96. The maximum Gasteiger partial charge on any atom is 0.317 e. The number of aromatic amines is 1. The summed E-state index contributed by atoms with van der Waals surface area (Å²) < 4.78 is 0. The monoisotopic (exact) mass is 326 g/mol. The molecule has 2 fully saturated rings. The van der Waals surface area contributed by atoms with Crippen molar-refractivity contribution in [3.63, 3.8) is 0 Å². The SMILES string of the molecule is CC1CCCCN1C1CN(C(=O)NCc2cc3ccccc3[nH]2)C1. The van der Waals surface area contributed by atoms with Crippen molar-refractivity contribution in [3.05, 3.63) is 36.0 Å². The molecule has 128 valence electrons. The molecule has 1 unspecified atom stereocenters. The Balaban J connectivity index is 1.27. The van der Waals surface area contributed by atoms with Crippen molar-refractivity contribution >= 4 is 16.9 Å². The molecule has 2 aromatic rings. The van der Waals surface area contributed by atoms with Crippen LogP contribution in [0.1, 0.15) is 31.9 Å². The molecule has 3 heterocycles. The summed E-state index contributed by atoms with van der Waals surface area (Å²) in [4.78, 5) is 20.2. The van der Waals surface area contributed by atoms with Gasteiger partial charge in [0.2, 0.25) is 0 Å². The minimum atomic E-state index is 0.0505. The van der Waals surface area contributed by atoms with E-state index < -0.39 is 0 Å². The van der Waals surface area contributed by atoms with Crippen molar-refractivity contribution in [1.82, 2.24) is 20.1 Å². The topological polar surface area (TPSA) is 51.4 Å². The number of amides is 2. The molecule has 24 heavy (non-hydrogen) atoms. The van der Waals surface area contributed by atoms with Crippen LogP contribution in [0.15, 0.2) is 30.3 Å². The molecule has 1 aromatic heterocycles. The van der Waals surface area contributed by atoms with Crippen LogP contribution in [0.3, 0.4) is 0 Å². The van der Waals surface area contributed by atoms with E-state index in [4.69, 9.17) is 0 Å². The normalized spacial score (nSPS) is 22.5. The zero-order valence-electron chi connectivity index (χ0n) is 14.3. The van der Waals surface area contributed by atoms with Gasteiger partial charge in [0.05, 0.1) is 6.54 Å². The molecule has 5 nitrogen and oxygen atoms in total. The fraction of sp³-hybridized carbons (Fsp3) is 0.526. The lowest BCUT2D eigenvalue weighted by Crippen LogP contribution is -2.64. The number of urea groups is 1. The van der Waals surface area contributed by atoms with Crippen LogP contribution >= 0.6 is 0 Å². The van der Waals surface area contributed by atoms with Crippen LogP contribution in [0.2, 0.25) is 0 Å². The molecule has 2 amide bonds. The molecule has 0 spiro atoms. The van der Waals surface area contributed by atoms with Crippen LogP contribution in [-0.4, -0.2) is 52.5 Å². The van der Waals surface area contributed by atoms with E-state index in [0.29, 0.717) is 18.6 Å². The van der Waals surface area contributed by atoms with Gasteiger partial charge < -0.3 is 15.2 Å². The highest BCUT2D eigenvalue weighted by molar-refractivity contribution is 5.80. The molecule has 0 bridgehead atoms. The van der Waals surface area contributed by atoms with Crippen LogP contribution in [0, 0.1) is 0 Å². The zero-order chi connectivity index (χ0) is 16.5. The van der Waals surface area contributed by atoms with Crippen LogP contribution in [0.4, 0.5) is 4.79 Å². The number of nitrogens with one attached hydrogen (secondary N) is 2. The third kappa shape index (κ3) is 3.00. The molecule has 1 atom stereocenters. The lowest BCUT2D eigenvalue weighted by molar-refractivity contribution is 0.0169. The van der Waals surface area contributed by atoms with E-state index in [2.05, 4.69) is 40.3 Å². The van der Waals surface area contributed by atoms with Crippen LogP contribution in [0.5, 0.6) is 0 Å². The molecule has 0 aliphatic carbocycles. The van der Waals surface area contributed by atoms with Crippen molar-refractivity contribution in [2.45, 2.75) is 44.8 Å². The van der Waals surface area contributed by atoms with Gasteiger partial charge in [-0.1, -0.05) is 24.6 Å². The number of hydrogen-bond donors (Lipinski definition) is 2. The second-order valence-corrected chi connectivity index (χ2v) is 7.18. The molecular weight excluding hydrogens is 300 g/mol. The Kier molecular flexibility index (Phi) is 4.19. The van der Waals surface area contributed by atoms with E-state index in [1.807, 2.05) is 17.0 Å². The maximum atomic E-state index is 12.3. The number of hydrogen-bond acceptors (Lipinski definition) is 2. The third-order valence-corrected chi connectivity index (χ3v) is 5.49. The first kappa shape index (κ1) is 15.5. The van der Waals surface area contributed by atoms with Gasteiger partial charge in [-0.25, -0.2) is 4.79 Å². The Bertz CT molecular complexity index is 686. The molecule has 0 saturated carbocycles. The summed E-state index contributed by atoms with van der Waals surface area (Å²) >= 11 is 0. The fourth-order valence-electron chi connectivity index (χ4n) is 4.01. The highest BCUT2D eigenvalue weighted by Crippen LogP contribution is 2.24. The Morgan fingerprint density at radius 2 is 2.12 bits per heavy atom. The summed E-state index contributed by atoms with van der Waals surface area (Å²) in [5.41, 5.74) is 2.16. The molecular formula is C19H26N4O. The van der Waals surface area contributed by atoms with E-state index in [-0.39, 0.29) is 6.03 Å². The number of aromatic nitrogens is 1. The Labute approximate surface area is 143 Å². The molecule has 2 aliphatic heterocycles. The molecule has 1 aromatic carbocycles. The summed E-state index contributed by atoms with van der Waals surface area (Å²) in [5.74, 6) is 0. The number of nitrogens with zero attached hydrogens (tertiary/aromatic N) is 2. The smallest absolute Gasteiger partial charge is 0.317 e. The van der Waals surface area contributed by atoms with Crippen molar-refractivity contribution in [3.8, 4) is 0 Å². The number of carbonyl (C=O) groups excluding carboxylic acids is 1. The third-order valence-electron chi connectivity index (χ3n) is 5.49. The molecule has 2 saturated heterocycles. The minimum absolute atomic E-state index is 0.0505. The van der Waals surface area contributed by atoms with Gasteiger partial charge >= 0.3 is 6.03 Å². The van der Waals surface area contributed by atoms with Gasteiger partial charge in [0.25, 0.3) is 0 Å². The zero-order valence-corrected chi connectivity index (χ0v) is 14.3. The molecule has 5 heteroatoms. The Hall–Kier alpha value is -2.01. The first-order chi connectivity index (χ1) is 11.7. The van der Waals surface area contributed by atoms with Crippen molar-refractivity contribution < 1.29 is 4.79 Å². The number of carbonyl (C=O) groups is 1. The predicted octanol–water partition coefficient (Wildman–Crippen LogP) is 2.94. The van der Waals surface area contributed by atoms with Gasteiger partial charge in [-0.3, -0.25) is 4.90 Å². The molecule has 2 N–H and O–H groups in total. The first-order valence-electron chi connectivity index (χ1n) is 9.06. The van der Waals surface area contributed by atoms with Crippen molar-refractivity contribution in [1.29, 1.82) is 0 Å². The van der Waals surface area contributed by atoms with Crippen LogP contribution in [-0.2, 0) is 6.54 Å². The quantitative estimate of drug-likeness (QED) is 0.911. The van der Waals surface area contributed by atoms with Gasteiger partial charge in [-0.15, -0.1) is 0 Å². The summed E-state index contributed by atoms with van der Waals surface area (Å²) in [6.07, 6.45) is 3.94. The van der Waals surface area contributed by atoms with Crippen LogP contribution in [0.25, 0.3) is 10.9 Å². The van der Waals surface area contributed by atoms with E-state index in [9.17, 15) is 4.79 Å². The first-order valence-corrected chi connectivity index (χ1v) is 9.06.